The zero-order chi connectivity index (χ0) is 51.8. The SMILES string of the molecule is CCCCC/C=C\C/C=C\CCCCCCCCCC(=O)OCC(COC1OC(C(=O)O)C(O)C(O)C1OC(=O)CCCCCCC/C=C\CCCCCC)OC(=O)CCCCCCCCCCCCC. The van der Waals surface area contributed by atoms with Crippen LogP contribution in [0.5, 0.6) is 0 Å². The number of carboxylic acids is 1. The van der Waals surface area contributed by atoms with E-state index in [1.165, 1.54) is 109 Å². The summed E-state index contributed by atoms with van der Waals surface area (Å²) >= 11 is 0. The minimum Gasteiger partial charge on any atom is -0.479 e. The largest absolute Gasteiger partial charge is 0.479 e. The number of unbranched alkanes of at least 4 members (excludes halogenated alkanes) is 29. The molecule has 1 heterocycles. The minimum absolute atomic E-state index is 0.0524. The summed E-state index contributed by atoms with van der Waals surface area (Å²) in [6, 6.07) is 0. The molecule has 1 saturated heterocycles. The van der Waals surface area contributed by atoms with Crippen molar-refractivity contribution >= 4 is 23.9 Å². The Morgan fingerprint density at radius 1 is 0.465 bits per heavy atom. The van der Waals surface area contributed by atoms with E-state index in [0.717, 1.165) is 96.3 Å². The van der Waals surface area contributed by atoms with Gasteiger partial charge in [0.25, 0.3) is 0 Å². The molecule has 6 unspecified atom stereocenters. The number of allylic oxidation sites excluding steroid dienone is 6. The lowest BCUT2D eigenvalue weighted by molar-refractivity contribution is -0.301. The smallest absolute Gasteiger partial charge is 0.335 e. The lowest BCUT2D eigenvalue weighted by Gasteiger charge is -2.40. The first-order valence-corrected chi connectivity index (χ1v) is 29.0. The summed E-state index contributed by atoms with van der Waals surface area (Å²) in [6.07, 6.45) is 42.6. The van der Waals surface area contributed by atoms with Crippen LogP contribution in [-0.2, 0) is 42.9 Å². The van der Waals surface area contributed by atoms with Gasteiger partial charge in [0, 0.05) is 19.3 Å². The number of carbonyl (C=O) groups excluding carboxylic acids is 3. The Bertz CT molecular complexity index is 1380. The summed E-state index contributed by atoms with van der Waals surface area (Å²) in [4.78, 5) is 51.0. The van der Waals surface area contributed by atoms with Gasteiger partial charge in [-0.3, -0.25) is 14.4 Å². The molecule has 6 atom stereocenters. The molecule has 0 amide bonds. The molecule has 12 nitrogen and oxygen atoms in total. The van der Waals surface area contributed by atoms with E-state index in [1.54, 1.807) is 0 Å². The first-order valence-electron chi connectivity index (χ1n) is 29.0. The van der Waals surface area contributed by atoms with Crippen molar-refractivity contribution in [3.05, 3.63) is 36.5 Å². The maximum atomic E-state index is 13.1. The highest BCUT2D eigenvalue weighted by Crippen LogP contribution is 2.26. The molecule has 412 valence electrons. The van der Waals surface area contributed by atoms with Crippen LogP contribution in [0.4, 0.5) is 0 Å². The second kappa shape index (κ2) is 47.9. The molecule has 0 saturated carbocycles. The van der Waals surface area contributed by atoms with Crippen molar-refractivity contribution in [1.29, 1.82) is 0 Å². The third-order valence-corrected chi connectivity index (χ3v) is 13.2. The summed E-state index contributed by atoms with van der Waals surface area (Å²) in [6.45, 7) is 5.94. The topological polar surface area (TPSA) is 175 Å². The van der Waals surface area contributed by atoms with Crippen LogP contribution >= 0.6 is 0 Å². The number of hydrogen-bond acceptors (Lipinski definition) is 11. The molecule has 1 aliphatic heterocycles. The standard InChI is InChI=1S/C59H104O12/c1-4-7-10-13-16-19-22-24-25-26-27-29-31-33-36-39-42-45-51(60)67-48-50(69-52(61)46-43-40-37-34-30-21-18-15-12-9-6-3)49-68-59-57(55(64)54(63)56(71-59)58(65)66)70-53(62)47-44-41-38-35-32-28-23-20-17-14-11-8-5-2/h16,19-20,23-25,50,54-57,59,63-64H,4-15,17-18,21-22,26-49H2,1-3H3,(H,65,66)/b19-16-,23-20-,25-24-. The Morgan fingerprint density at radius 2 is 0.845 bits per heavy atom. The fraction of sp³-hybridized carbons (Fsp3) is 0.831. The summed E-state index contributed by atoms with van der Waals surface area (Å²) in [5, 5.41) is 31.4. The van der Waals surface area contributed by atoms with Gasteiger partial charge in [0.1, 0.15) is 18.8 Å². The predicted molar refractivity (Wildman–Crippen MR) is 285 cm³/mol. The van der Waals surface area contributed by atoms with E-state index in [4.69, 9.17) is 23.7 Å². The fourth-order valence-electron chi connectivity index (χ4n) is 8.69. The quantitative estimate of drug-likeness (QED) is 0.0228. The highest BCUT2D eigenvalue weighted by atomic mass is 16.7. The van der Waals surface area contributed by atoms with Crippen molar-refractivity contribution in [2.75, 3.05) is 13.2 Å². The van der Waals surface area contributed by atoms with E-state index < -0.39 is 67.3 Å². The fourth-order valence-corrected chi connectivity index (χ4v) is 8.69. The van der Waals surface area contributed by atoms with Crippen LogP contribution < -0.4 is 0 Å². The number of aliphatic hydroxyl groups excluding tert-OH is 2. The second-order valence-electron chi connectivity index (χ2n) is 19.9. The Morgan fingerprint density at radius 3 is 1.32 bits per heavy atom. The maximum Gasteiger partial charge on any atom is 0.335 e. The molecule has 0 aliphatic carbocycles. The minimum atomic E-state index is -1.90. The Balaban J connectivity index is 2.68. The Kier molecular flexibility index (Phi) is 44.5. The lowest BCUT2D eigenvalue weighted by atomic mass is 9.98. The van der Waals surface area contributed by atoms with Gasteiger partial charge in [-0.2, -0.15) is 0 Å². The van der Waals surface area contributed by atoms with E-state index >= 15 is 0 Å². The van der Waals surface area contributed by atoms with Crippen molar-refractivity contribution in [3.8, 4) is 0 Å². The molecule has 0 bridgehead atoms. The summed E-state index contributed by atoms with van der Waals surface area (Å²) in [7, 11) is 0. The van der Waals surface area contributed by atoms with Crippen LogP contribution in [0, 0.1) is 0 Å². The van der Waals surface area contributed by atoms with Crippen LogP contribution in [0.2, 0.25) is 0 Å². The molecule has 0 aromatic carbocycles. The van der Waals surface area contributed by atoms with Gasteiger partial charge in [0.2, 0.25) is 0 Å². The second-order valence-corrected chi connectivity index (χ2v) is 19.9. The average Bonchev–Trinajstić information content (AvgIpc) is 3.35. The van der Waals surface area contributed by atoms with Crippen LogP contribution in [0.25, 0.3) is 0 Å². The molecule has 3 N–H and O–H groups in total. The number of esters is 3. The summed E-state index contributed by atoms with van der Waals surface area (Å²) < 4.78 is 28.4. The van der Waals surface area contributed by atoms with Crippen molar-refractivity contribution in [3.63, 3.8) is 0 Å². The molecule has 1 aliphatic rings. The number of aliphatic carboxylic acids is 1. The van der Waals surface area contributed by atoms with Gasteiger partial charge in [-0.15, -0.1) is 0 Å². The van der Waals surface area contributed by atoms with Crippen molar-refractivity contribution in [2.45, 2.75) is 302 Å². The average molecular weight is 1010 g/mol. The van der Waals surface area contributed by atoms with E-state index in [-0.39, 0.29) is 25.9 Å². The van der Waals surface area contributed by atoms with Crippen LogP contribution in [0.1, 0.15) is 265 Å². The molecule has 1 fully saturated rings. The first kappa shape index (κ1) is 66.0. The van der Waals surface area contributed by atoms with E-state index in [1.807, 2.05) is 0 Å². The lowest BCUT2D eigenvalue weighted by Crippen LogP contribution is -2.61. The highest BCUT2D eigenvalue weighted by molar-refractivity contribution is 5.74. The normalized spacial score (nSPS) is 18.7. The first-order chi connectivity index (χ1) is 34.6. The van der Waals surface area contributed by atoms with Crippen LogP contribution in [0.3, 0.4) is 0 Å². The molecule has 0 aromatic heterocycles. The van der Waals surface area contributed by atoms with Gasteiger partial charge in [-0.25, -0.2) is 4.79 Å². The van der Waals surface area contributed by atoms with Crippen LogP contribution in [-0.4, -0.2) is 89.2 Å². The maximum absolute atomic E-state index is 13.1. The number of ether oxygens (including phenoxy) is 5. The summed E-state index contributed by atoms with van der Waals surface area (Å²) in [5.41, 5.74) is 0. The third-order valence-electron chi connectivity index (χ3n) is 13.2. The van der Waals surface area contributed by atoms with Gasteiger partial charge < -0.3 is 39.0 Å². The van der Waals surface area contributed by atoms with Crippen molar-refractivity contribution in [1.82, 2.24) is 0 Å². The van der Waals surface area contributed by atoms with E-state index in [2.05, 4.69) is 57.2 Å². The Labute approximate surface area is 431 Å². The molecular formula is C59H104O12. The van der Waals surface area contributed by atoms with Crippen molar-refractivity contribution in [2.24, 2.45) is 0 Å². The predicted octanol–water partition coefficient (Wildman–Crippen LogP) is 14.5. The Hall–Kier alpha value is -3.06. The van der Waals surface area contributed by atoms with E-state index in [0.29, 0.717) is 19.3 Å². The van der Waals surface area contributed by atoms with Gasteiger partial charge in [-0.05, 0) is 77.0 Å². The van der Waals surface area contributed by atoms with Gasteiger partial charge in [-0.1, -0.05) is 205 Å². The zero-order valence-electron chi connectivity index (χ0n) is 45.2. The monoisotopic (exact) mass is 1000 g/mol. The third kappa shape index (κ3) is 38.2. The van der Waals surface area contributed by atoms with Gasteiger partial charge >= 0.3 is 23.9 Å². The van der Waals surface area contributed by atoms with Gasteiger partial charge in [0.05, 0.1) is 6.61 Å². The van der Waals surface area contributed by atoms with Gasteiger partial charge in [0.15, 0.2) is 24.6 Å². The molecule has 71 heavy (non-hydrogen) atoms. The molecule has 0 radical (unpaired) electrons. The van der Waals surface area contributed by atoms with E-state index in [9.17, 15) is 34.5 Å². The zero-order valence-corrected chi connectivity index (χ0v) is 45.2. The molecular weight excluding hydrogens is 901 g/mol. The number of hydrogen-bond donors (Lipinski definition) is 3. The molecule has 12 heteroatoms. The molecule has 0 aromatic rings. The number of carboxylic acid groups (broad SMARTS) is 1. The van der Waals surface area contributed by atoms with Crippen molar-refractivity contribution < 1.29 is 58.2 Å². The van der Waals surface area contributed by atoms with Crippen LogP contribution in [0.15, 0.2) is 36.5 Å². The molecule has 1 rings (SSSR count). The number of carbonyl (C=O) groups is 4. The highest BCUT2D eigenvalue weighted by Gasteiger charge is 2.50. The number of aliphatic hydroxyl groups is 2. The number of rotatable bonds is 49. The molecule has 0 spiro atoms. The summed E-state index contributed by atoms with van der Waals surface area (Å²) in [5.74, 6) is -3.12.